The summed E-state index contributed by atoms with van der Waals surface area (Å²) in [5.74, 6) is -1.18. The molecule has 0 N–H and O–H groups in total. The third-order valence-electron chi connectivity index (χ3n) is 4.77. The largest absolute Gasteiger partial charge is 0.483 e. The molecular formula is C19H16F5N3O. The first kappa shape index (κ1) is 18.6. The lowest BCUT2D eigenvalue weighted by Crippen LogP contribution is -2.16. The fraction of sp³-hybridized carbons (Fsp3) is 0.368. The topological polar surface area (TPSA) is 39.4 Å². The maximum absolute atomic E-state index is 13.8. The number of hydrogen-bond acceptors (Lipinski definition) is 3. The minimum atomic E-state index is -4.72. The summed E-state index contributed by atoms with van der Waals surface area (Å²) < 4.78 is 75.3. The normalized spacial score (nSPS) is 15.8. The lowest BCUT2D eigenvalue weighted by Gasteiger charge is -2.20. The van der Waals surface area contributed by atoms with E-state index in [0.29, 0.717) is 18.2 Å². The Morgan fingerprint density at radius 1 is 1.18 bits per heavy atom. The first-order valence-electron chi connectivity index (χ1n) is 8.79. The Morgan fingerprint density at radius 2 is 1.93 bits per heavy atom. The van der Waals surface area contributed by atoms with Crippen molar-refractivity contribution in [1.29, 1.82) is 0 Å². The number of rotatable bonds is 5. The second-order valence-corrected chi connectivity index (χ2v) is 6.94. The number of hydrogen-bond donors (Lipinski definition) is 0. The van der Waals surface area contributed by atoms with Gasteiger partial charge in [-0.15, -0.1) is 10.2 Å². The number of alkyl halides is 3. The Hall–Kier alpha value is -2.71. The van der Waals surface area contributed by atoms with Crippen LogP contribution in [0.25, 0.3) is 5.65 Å². The van der Waals surface area contributed by atoms with Gasteiger partial charge in [-0.1, -0.05) is 0 Å². The van der Waals surface area contributed by atoms with Crippen LogP contribution in [-0.4, -0.2) is 14.6 Å². The second kappa shape index (κ2) is 6.72. The van der Waals surface area contributed by atoms with Crippen molar-refractivity contribution in [1.82, 2.24) is 14.6 Å². The first-order chi connectivity index (χ1) is 13.2. The van der Waals surface area contributed by atoms with Gasteiger partial charge in [0.15, 0.2) is 17.2 Å². The van der Waals surface area contributed by atoms with Gasteiger partial charge in [-0.3, -0.25) is 4.40 Å². The molecule has 0 radical (unpaired) electrons. The van der Waals surface area contributed by atoms with Crippen molar-refractivity contribution in [3.63, 3.8) is 0 Å². The molecule has 0 aliphatic heterocycles. The Bertz CT molecular complexity index is 1030. The van der Waals surface area contributed by atoms with E-state index in [1.54, 1.807) is 0 Å². The van der Waals surface area contributed by atoms with E-state index in [2.05, 4.69) is 10.2 Å². The highest BCUT2D eigenvalue weighted by Crippen LogP contribution is 2.39. The van der Waals surface area contributed by atoms with Crippen LogP contribution in [0.3, 0.4) is 0 Å². The van der Waals surface area contributed by atoms with E-state index in [-0.39, 0.29) is 11.2 Å². The molecule has 0 spiro atoms. The van der Waals surface area contributed by atoms with Crippen LogP contribution in [0.2, 0.25) is 0 Å². The summed E-state index contributed by atoms with van der Waals surface area (Å²) in [7, 11) is 0. The van der Waals surface area contributed by atoms with Gasteiger partial charge >= 0.3 is 6.18 Å². The summed E-state index contributed by atoms with van der Waals surface area (Å²) in [5, 5.41) is 7.67. The number of halogens is 5. The number of fused-ring (bicyclic) bond motifs is 1. The fourth-order valence-corrected chi connectivity index (χ4v) is 3.19. The zero-order chi connectivity index (χ0) is 20.1. The predicted molar refractivity (Wildman–Crippen MR) is 89.8 cm³/mol. The summed E-state index contributed by atoms with van der Waals surface area (Å²) in [6, 6.07) is 3.81. The number of pyridine rings is 1. The van der Waals surface area contributed by atoms with E-state index >= 15 is 0 Å². The molecule has 1 saturated carbocycles. The van der Waals surface area contributed by atoms with Crippen LogP contribution in [-0.2, 0) is 12.6 Å². The highest BCUT2D eigenvalue weighted by atomic mass is 19.4. The Morgan fingerprint density at radius 3 is 2.61 bits per heavy atom. The Balaban J connectivity index is 1.76. The molecule has 4 rings (SSSR count). The molecule has 148 valence electrons. The van der Waals surface area contributed by atoms with Gasteiger partial charge in [-0.2, -0.15) is 13.2 Å². The van der Waals surface area contributed by atoms with E-state index in [1.165, 1.54) is 23.6 Å². The summed E-state index contributed by atoms with van der Waals surface area (Å²) in [5.41, 5.74) is -1.54. The summed E-state index contributed by atoms with van der Waals surface area (Å²) in [4.78, 5) is 0. The highest BCUT2D eigenvalue weighted by molar-refractivity contribution is 5.54. The maximum Gasteiger partial charge on any atom is 0.420 e. The third kappa shape index (κ3) is 3.53. The van der Waals surface area contributed by atoms with Crippen LogP contribution in [0.5, 0.6) is 5.75 Å². The molecule has 0 unspecified atom stereocenters. The minimum absolute atomic E-state index is 0.228. The standard InChI is InChI=1S/C19H16F5N3O/c1-10(28-15-9-12(20)4-5-14(15)21)13-6-7-27-16(8-11-2-3-11)25-26-18(27)17(13)19(22,23)24/h4-7,9-11H,2-3,8H2,1H3/t10-/m0/s1. The van der Waals surface area contributed by atoms with E-state index < -0.39 is 35.2 Å². The smallest absolute Gasteiger partial charge is 0.420 e. The molecule has 1 atom stereocenters. The molecule has 0 bridgehead atoms. The number of ether oxygens (including phenoxy) is 1. The molecule has 2 heterocycles. The van der Waals surface area contributed by atoms with Gasteiger partial charge in [-0.05, 0) is 43.9 Å². The third-order valence-corrected chi connectivity index (χ3v) is 4.77. The van der Waals surface area contributed by atoms with E-state index in [1.807, 2.05) is 0 Å². The van der Waals surface area contributed by atoms with Crippen LogP contribution in [0.1, 0.15) is 42.8 Å². The van der Waals surface area contributed by atoms with Gasteiger partial charge in [0.05, 0.1) is 0 Å². The first-order valence-corrected chi connectivity index (χ1v) is 8.79. The molecule has 1 aliphatic carbocycles. The van der Waals surface area contributed by atoms with E-state index in [0.717, 1.165) is 31.0 Å². The minimum Gasteiger partial charge on any atom is -0.483 e. The van der Waals surface area contributed by atoms with Crippen LogP contribution in [0.4, 0.5) is 22.0 Å². The van der Waals surface area contributed by atoms with Crippen molar-refractivity contribution in [3.8, 4) is 5.75 Å². The lowest BCUT2D eigenvalue weighted by molar-refractivity contribution is -0.138. The Labute approximate surface area is 157 Å². The van der Waals surface area contributed by atoms with Crippen molar-refractivity contribution >= 4 is 5.65 Å². The zero-order valence-corrected chi connectivity index (χ0v) is 14.8. The lowest BCUT2D eigenvalue weighted by atomic mass is 10.0. The van der Waals surface area contributed by atoms with Gasteiger partial charge < -0.3 is 4.74 Å². The maximum atomic E-state index is 13.8. The quantitative estimate of drug-likeness (QED) is 0.561. The van der Waals surface area contributed by atoms with Crippen molar-refractivity contribution in [2.45, 2.75) is 38.5 Å². The SMILES string of the molecule is C[C@H](Oc1cc(F)ccc1F)c1ccn2c(CC3CC3)nnc2c1C(F)(F)F. The summed E-state index contributed by atoms with van der Waals surface area (Å²) in [6.45, 7) is 1.34. The molecular weight excluding hydrogens is 381 g/mol. The molecule has 1 fully saturated rings. The van der Waals surface area contributed by atoms with Gasteiger partial charge in [0, 0.05) is 24.2 Å². The second-order valence-electron chi connectivity index (χ2n) is 6.94. The molecule has 9 heteroatoms. The molecule has 0 amide bonds. The van der Waals surface area contributed by atoms with Crippen LogP contribution >= 0.6 is 0 Å². The van der Waals surface area contributed by atoms with Gasteiger partial charge in [-0.25, -0.2) is 8.78 Å². The average molecular weight is 397 g/mol. The van der Waals surface area contributed by atoms with Crippen molar-refractivity contribution in [2.75, 3.05) is 0 Å². The summed E-state index contributed by atoms with van der Waals surface area (Å²) in [6.07, 6.45) is -1.83. The number of aromatic nitrogens is 3. The highest BCUT2D eigenvalue weighted by Gasteiger charge is 2.39. The van der Waals surface area contributed by atoms with Crippen LogP contribution < -0.4 is 4.74 Å². The van der Waals surface area contributed by atoms with E-state index in [4.69, 9.17) is 4.74 Å². The molecule has 0 saturated heterocycles. The van der Waals surface area contributed by atoms with Crippen molar-refractivity contribution < 1.29 is 26.7 Å². The van der Waals surface area contributed by atoms with Crippen molar-refractivity contribution in [2.24, 2.45) is 5.92 Å². The monoisotopic (exact) mass is 397 g/mol. The fourth-order valence-electron chi connectivity index (χ4n) is 3.19. The number of nitrogens with zero attached hydrogens (tertiary/aromatic N) is 3. The molecule has 2 aromatic heterocycles. The van der Waals surface area contributed by atoms with E-state index in [9.17, 15) is 22.0 Å². The van der Waals surface area contributed by atoms with Gasteiger partial charge in [0.2, 0.25) is 0 Å². The average Bonchev–Trinajstić information content (AvgIpc) is 3.35. The molecule has 1 aliphatic rings. The number of benzene rings is 1. The molecule has 3 aromatic rings. The Kier molecular flexibility index (Phi) is 4.47. The molecule has 1 aromatic carbocycles. The van der Waals surface area contributed by atoms with Crippen LogP contribution in [0.15, 0.2) is 30.5 Å². The summed E-state index contributed by atoms with van der Waals surface area (Å²) >= 11 is 0. The molecule has 4 nitrogen and oxygen atoms in total. The molecule has 28 heavy (non-hydrogen) atoms. The van der Waals surface area contributed by atoms with Crippen LogP contribution in [0, 0.1) is 17.6 Å². The van der Waals surface area contributed by atoms with Gasteiger partial charge in [0.25, 0.3) is 0 Å². The zero-order valence-electron chi connectivity index (χ0n) is 14.8. The van der Waals surface area contributed by atoms with Crippen molar-refractivity contribution in [3.05, 3.63) is 59.0 Å². The van der Waals surface area contributed by atoms with Gasteiger partial charge in [0.1, 0.15) is 23.3 Å². The predicted octanol–water partition coefficient (Wildman–Crippen LogP) is 5.12.